The van der Waals surface area contributed by atoms with E-state index >= 15 is 0 Å². The predicted octanol–water partition coefficient (Wildman–Crippen LogP) is 6.06. The highest BCUT2D eigenvalue weighted by molar-refractivity contribution is 5.95. The van der Waals surface area contributed by atoms with Crippen molar-refractivity contribution < 1.29 is 9.21 Å². The monoisotopic (exact) mass is 392 g/mol. The van der Waals surface area contributed by atoms with Crippen LogP contribution in [0.15, 0.2) is 95.4 Å². The lowest BCUT2D eigenvalue weighted by Crippen LogP contribution is -2.12. The van der Waals surface area contributed by atoms with Gasteiger partial charge in [0.25, 0.3) is 0 Å². The zero-order chi connectivity index (χ0) is 20.8. The summed E-state index contributed by atoms with van der Waals surface area (Å²) in [6.07, 6.45) is 0.920. The molecule has 0 saturated carbocycles. The van der Waals surface area contributed by atoms with Crippen molar-refractivity contribution in [3.8, 4) is 28.5 Å². The predicted molar refractivity (Wildman–Crippen MR) is 118 cm³/mol. The average Bonchev–Trinajstić information content (AvgIpc) is 3.17. The van der Waals surface area contributed by atoms with Gasteiger partial charge in [0, 0.05) is 17.5 Å². The number of hydrogen-bond acceptors (Lipinski definition) is 3. The van der Waals surface area contributed by atoms with Gasteiger partial charge in [-0.3, -0.25) is 10.1 Å². The van der Waals surface area contributed by atoms with E-state index in [1.165, 1.54) is 0 Å². The van der Waals surface area contributed by atoms with Gasteiger partial charge in [0.1, 0.15) is 17.4 Å². The summed E-state index contributed by atoms with van der Waals surface area (Å²) in [4.78, 5) is 12.6. The lowest BCUT2D eigenvalue weighted by molar-refractivity contribution is -0.116. The number of hydrogen-bond donors (Lipinski definition) is 1. The van der Waals surface area contributed by atoms with Crippen LogP contribution in [-0.4, -0.2) is 5.91 Å². The number of benzene rings is 3. The molecule has 0 aliphatic heterocycles. The second kappa shape index (κ2) is 8.93. The fraction of sp³-hybridized carbons (Fsp3) is 0.0769. The largest absolute Gasteiger partial charge is 0.438 e. The Hall–Kier alpha value is -4.10. The van der Waals surface area contributed by atoms with E-state index in [-0.39, 0.29) is 11.8 Å². The van der Waals surface area contributed by atoms with Crippen molar-refractivity contribution in [3.05, 3.63) is 102 Å². The molecule has 4 nitrogen and oxygen atoms in total. The minimum Gasteiger partial charge on any atom is -0.438 e. The molecule has 0 spiro atoms. The SMILES string of the molecule is N#Cc1c(NC(=O)CCc2ccccc2)oc(-c2ccccc2)c1-c1ccccc1. The first-order valence-electron chi connectivity index (χ1n) is 9.78. The van der Waals surface area contributed by atoms with E-state index in [0.29, 0.717) is 29.7 Å². The molecule has 4 rings (SSSR count). The Labute approximate surface area is 175 Å². The van der Waals surface area contributed by atoms with E-state index in [1.807, 2.05) is 91.0 Å². The van der Waals surface area contributed by atoms with Crippen LogP contribution in [0.5, 0.6) is 0 Å². The van der Waals surface area contributed by atoms with Gasteiger partial charge in [0.15, 0.2) is 0 Å². The van der Waals surface area contributed by atoms with Gasteiger partial charge in [-0.25, -0.2) is 0 Å². The maximum atomic E-state index is 12.6. The molecule has 0 saturated heterocycles. The van der Waals surface area contributed by atoms with E-state index in [2.05, 4.69) is 11.4 Å². The van der Waals surface area contributed by atoms with Gasteiger partial charge >= 0.3 is 0 Å². The van der Waals surface area contributed by atoms with Crippen LogP contribution in [0.2, 0.25) is 0 Å². The Balaban J connectivity index is 1.67. The van der Waals surface area contributed by atoms with Crippen LogP contribution in [0.3, 0.4) is 0 Å². The molecule has 0 radical (unpaired) electrons. The molecule has 1 N–H and O–H groups in total. The molecule has 0 fully saturated rings. The number of nitrogens with one attached hydrogen (secondary N) is 1. The quantitative estimate of drug-likeness (QED) is 0.434. The van der Waals surface area contributed by atoms with Crippen LogP contribution in [0, 0.1) is 11.3 Å². The number of carbonyl (C=O) groups excluding carboxylic acids is 1. The highest BCUT2D eigenvalue weighted by Gasteiger charge is 2.24. The summed E-state index contributed by atoms with van der Waals surface area (Å²) >= 11 is 0. The molecule has 3 aromatic carbocycles. The number of amides is 1. The van der Waals surface area contributed by atoms with E-state index < -0.39 is 0 Å². The van der Waals surface area contributed by atoms with E-state index in [1.54, 1.807) is 0 Å². The van der Waals surface area contributed by atoms with Crippen molar-refractivity contribution in [1.29, 1.82) is 5.26 Å². The summed E-state index contributed by atoms with van der Waals surface area (Å²) in [5.41, 5.74) is 3.80. The summed E-state index contributed by atoms with van der Waals surface area (Å²) in [6.45, 7) is 0. The Kier molecular flexibility index (Phi) is 5.73. The van der Waals surface area contributed by atoms with Crippen LogP contribution in [0.1, 0.15) is 17.5 Å². The van der Waals surface area contributed by atoms with Crippen LogP contribution in [0.4, 0.5) is 5.88 Å². The zero-order valence-electron chi connectivity index (χ0n) is 16.3. The zero-order valence-corrected chi connectivity index (χ0v) is 16.3. The molecular weight excluding hydrogens is 372 g/mol. The number of nitrogens with zero attached hydrogens (tertiary/aromatic N) is 1. The first kappa shape index (κ1) is 19.2. The van der Waals surface area contributed by atoms with Gasteiger partial charge in [0.05, 0.1) is 0 Å². The Bertz CT molecular complexity index is 1170. The lowest BCUT2D eigenvalue weighted by atomic mass is 9.98. The number of nitriles is 1. The maximum absolute atomic E-state index is 12.6. The molecule has 0 atom stereocenters. The number of aryl methyl sites for hydroxylation is 1. The van der Waals surface area contributed by atoms with Gasteiger partial charge < -0.3 is 4.42 Å². The van der Waals surface area contributed by atoms with Crippen molar-refractivity contribution in [2.45, 2.75) is 12.8 Å². The topological polar surface area (TPSA) is 66.0 Å². The minimum atomic E-state index is -0.191. The minimum absolute atomic E-state index is 0.188. The summed E-state index contributed by atoms with van der Waals surface area (Å²) in [7, 11) is 0. The van der Waals surface area contributed by atoms with Crippen LogP contribution in [0.25, 0.3) is 22.5 Å². The molecule has 0 unspecified atom stereocenters. The van der Waals surface area contributed by atoms with Crippen LogP contribution in [-0.2, 0) is 11.2 Å². The van der Waals surface area contributed by atoms with Gasteiger partial charge in [-0.2, -0.15) is 5.26 Å². The van der Waals surface area contributed by atoms with E-state index in [9.17, 15) is 10.1 Å². The molecule has 1 aromatic heterocycles. The van der Waals surface area contributed by atoms with Crippen molar-refractivity contribution in [2.75, 3.05) is 5.32 Å². The molecule has 1 heterocycles. The van der Waals surface area contributed by atoms with E-state index in [4.69, 9.17) is 4.42 Å². The first-order valence-corrected chi connectivity index (χ1v) is 9.78. The fourth-order valence-corrected chi connectivity index (χ4v) is 3.39. The maximum Gasteiger partial charge on any atom is 0.227 e. The fourth-order valence-electron chi connectivity index (χ4n) is 3.39. The van der Waals surface area contributed by atoms with Crippen LogP contribution < -0.4 is 5.32 Å². The highest BCUT2D eigenvalue weighted by atomic mass is 16.4. The summed E-state index contributed by atoms with van der Waals surface area (Å²) < 4.78 is 6.05. The summed E-state index contributed by atoms with van der Waals surface area (Å²) in [5.74, 6) is 0.563. The standard InChI is InChI=1S/C26H20N2O2/c27-18-22-24(20-12-6-2-7-13-20)25(21-14-8-3-9-15-21)30-26(22)28-23(29)17-16-19-10-4-1-5-11-19/h1-15H,16-17H2,(H,28,29). The van der Waals surface area contributed by atoms with Crippen molar-refractivity contribution in [3.63, 3.8) is 0 Å². The van der Waals surface area contributed by atoms with Crippen LogP contribution >= 0.6 is 0 Å². The number of furan rings is 1. The average molecular weight is 392 g/mol. The second-order valence-electron chi connectivity index (χ2n) is 6.89. The van der Waals surface area contributed by atoms with Gasteiger partial charge in [-0.15, -0.1) is 0 Å². The number of rotatable bonds is 6. The third-order valence-corrected chi connectivity index (χ3v) is 4.86. The Morgan fingerprint density at radius 3 is 2.00 bits per heavy atom. The Morgan fingerprint density at radius 1 is 0.833 bits per heavy atom. The van der Waals surface area contributed by atoms with Gasteiger partial charge in [-0.05, 0) is 17.5 Å². The molecule has 4 heteroatoms. The molecule has 0 aliphatic carbocycles. The summed E-state index contributed by atoms with van der Waals surface area (Å²) in [6, 6.07) is 31.3. The molecule has 146 valence electrons. The Morgan fingerprint density at radius 2 is 1.40 bits per heavy atom. The van der Waals surface area contributed by atoms with Crippen molar-refractivity contribution >= 4 is 11.8 Å². The normalized spacial score (nSPS) is 10.4. The highest BCUT2D eigenvalue weighted by Crippen LogP contribution is 2.41. The smallest absolute Gasteiger partial charge is 0.227 e. The molecular formula is C26H20N2O2. The lowest BCUT2D eigenvalue weighted by Gasteiger charge is -2.03. The van der Waals surface area contributed by atoms with Gasteiger partial charge in [-0.1, -0.05) is 91.0 Å². The molecule has 0 bridgehead atoms. The second-order valence-corrected chi connectivity index (χ2v) is 6.89. The molecule has 30 heavy (non-hydrogen) atoms. The molecule has 4 aromatic rings. The first-order chi connectivity index (χ1) is 14.8. The molecule has 1 amide bonds. The third-order valence-electron chi connectivity index (χ3n) is 4.86. The van der Waals surface area contributed by atoms with Crippen molar-refractivity contribution in [2.24, 2.45) is 0 Å². The molecule has 0 aliphatic rings. The number of carbonyl (C=O) groups is 1. The van der Waals surface area contributed by atoms with Gasteiger partial charge in [0.2, 0.25) is 11.8 Å². The number of anilines is 1. The third kappa shape index (κ3) is 4.16. The van der Waals surface area contributed by atoms with Crippen molar-refractivity contribution in [1.82, 2.24) is 0 Å². The summed E-state index contributed by atoms with van der Waals surface area (Å²) in [5, 5.41) is 12.7. The van der Waals surface area contributed by atoms with E-state index in [0.717, 1.165) is 16.7 Å².